The molecular formula is C13H17N5O. The van der Waals surface area contributed by atoms with Crippen molar-refractivity contribution in [2.45, 2.75) is 18.9 Å². The van der Waals surface area contributed by atoms with Gasteiger partial charge in [-0.25, -0.2) is 9.97 Å². The molecule has 2 aromatic rings. The Morgan fingerprint density at radius 2 is 2.42 bits per heavy atom. The van der Waals surface area contributed by atoms with E-state index in [-0.39, 0.29) is 0 Å². The van der Waals surface area contributed by atoms with E-state index in [0.29, 0.717) is 5.92 Å². The number of nitrogens with one attached hydrogen (secondary N) is 1. The maximum Gasteiger partial charge on any atom is 0.132 e. The van der Waals surface area contributed by atoms with Crippen molar-refractivity contribution >= 4 is 5.82 Å². The summed E-state index contributed by atoms with van der Waals surface area (Å²) in [5.41, 5.74) is 2.13. The zero-order valence-electron chi connectivity index (χ0n) is 10.9. The highest BCUT2D eigenvalue weighted by molar-refractivity contribution is 5.39. The SMILES string of the molecule is CN(Cc1ccn[nH]1)c1cc([C@@H]2CCOC2)ncn1. The van der Waals surface area contributed by atoms with Gasteiger partial charge in [0, 0.05) is 31.8 Å². The summed E-state index contributed by atoms with van der Waals surface area (Å²) in [6.45, 7) is 2.34. The highest BCUT2D eigenvalue weighted by Crippen LogP contribution is 2.25. The second-order valence-electron chi connectivity index (χ2n) is 4.80. The van der Waals surface area contributed by atoms with Crippen LogP contribution in [0.1, 0.15) is 23.7 Å². The van der Waals surface area contributed by atoms with Crippen molar-refractivity contribution in [1.82, 2.24) is 20.2 Å². The molecule has 0 bridgehead atoms. The van der Waals surface area contributed by atoms with Gasteiger partial charge in [0.1, 0.15) is 12.1 Å². The summed E-state index contributed by atoms with van der Waals surface area (Å²) in [6, 6.07) is 4.01. The van der Waals surface area contributed by atoms with Gasteiger partial charge in [-0.3, -0.25) is 5.10 Å². The first-order valence-electron chi connectivity index (χ1n) is 6.42. The molecule has 0 saturated carbocycles. The smallest absolute Gasteiger partial charge is 0.132 e. The summed E-state index contributed by atoms with van der Waals surface area (Å²) in [5.74, 6) is 1.33. The third kappa shape index (κ3) is 2.73. The molecule has 1 aliphatic heterocycles. The monoisotopic (exact) mass is 259 g/mol. The second kappa shape index (κ2) is 5.36. The first-order chi connectivity index (χ1) is 9.33. The van der Waals surface area contributed by atoms with Crippen LogP contribution in [0.4, 0.5) is 5.82 Å². The minimum absolute atomic E-state index is 0.405. The highest BCUT2D eigenvalue weighted by atomic mass is 16.5. The fourth-order valence-corrected chi connectivity index (χ4v) is 2.27. The van der Waals surface area contributed by atoms with Gasteiger partial charge in [-0.1, -0.05) is 0 Å². The maximum absolute atomic E-state index is 5.41. The molecule has 1 saturated heterocycles. The van der Waals surface area contributed by atoms with E-state index in [0.717, 1.165) is 43.4 Å². The molecule has 100 valence electrons. The number of aromatic nitrogens is 4. The molecule has 0 spiro atoms. The van der Waals surface area contributed by atoms with E-state index in [1.54, 1.807) is 12.5 Å². The van der Waals surface area contributed by atoms with Gasteiger partial charge in [-0.2, -0.15) is 5.10 Å². The lowest BCUT2D eigenvalue weighted by atomic mass is 10.0. The molecule has 3 rings (SSSR count). The van der Waals surface area contributed by atoms with Crippen molar-refractivity contribution in [3.8, 4) is 0 Å². The van der Waals surface area contributed by atoms with Crippen LogP contribution in [0.25, 0.3) is 0 Å². The molecule has 1 fully saturated rings. The summed E-state index contributed by atoms with van der Waals surface area (Å²) < 4.78 is 5.41. The minimum atomic E-state index is 0.405. The van der Waals surface area contributed by atoms with Gasteiger partial charge in [0.05, 0.1) is 24.5 Å². The lowest BCUT2D eigenvalue weighted by Gasteiger charge is -2.18. The van der Waals surface area contributed by atoms with Crippen LogP contribution >= 0.6 is 0 Å². The highest BCUT2D eigenvalue weighted by Gasteiger charge is 2.20. The van der Waals surface area contributed by atoms with Gasteiger partial charge in [0.15, 0.2) is 0 Å². The number of hydrogen-bond acceptors (Lipinski definition) is 5. The zero-order chi connectivity index (χ0) is 13.1. The Morgan fingerprint density at radius 1 is 1.47 bits per heavy atom. The van der Waals surface area contributed by atoms with Crippen LogP contribution in [-0.2, 0) is 11.3 Å². The number of anilines is 1. The number of ether oxygens (including phenoxy) is 1. The molecule has 1 N–H and O–H groups in total. The van der Waals surface area contributed by atoms with Crippen molar-refractivity contribution in [1.29, 1.82) is 0 Å². The lowest BCUT2D eigenvalue weighted by molar-refractivity contribution is 0.193. The van der Waals surface area contributed by atoms with Gasteiger partial charge in [-0.05, 0) is 12.5 Å². The van der Waals surface area contributed by atoms with Crippen LogP contribution in [0.15, 0.2) is 24.7 Å². The Kier molecular flexibility index (Phi) is 3.41. The molecule has 0 aliphatic carbocycles. The molecular weight excluding hydrogens is 242 g/mol. The van der Waals surface area contributed by atoms with Crippen molar-refractivity contribution in [3.05, 3.63) is 36.0 Å². The van der Waals surface area contributed by atoms with Gasteiger partial charge >= 0.3 is 0 Å². The number of aromatic amines is 1. The van der Waals surface area contributed by atoms with Crippen LogP contribution in [0.2, 0.25) is 0 Å². The maximum atomic E-state index is 5.41. The molecule has 6 nitrogen and oxygen atoms in total. The summed E-state index contributed by atoms with van der Waals surface area (Å²) in [4.78, 5) is 10.8. The molecule has 6 heteroatoms. The molecule has 0 amide bonds. The van der Waals surface area contributed by atoms with Crippen LogP contribution in [-0.4, -0.2) is 40.4 Å². The standard InChI is InChI=1S/C13H17N5O/c1-18(7-11-2-4-16-17-11)13-6-12(14-9-15-13)10-3-5-19-8-10/h2,4,6,9-10H,3,5,7-8H2,1H3,(H,16,17)/t10-/m1/s1. The fourth-order valence-electron chi connectivity index (χ4n) is 2.27. The van der Waals surface area contributed by atoms with E-state index in [1.807, 2.05) is 13.1 Å². The Hall–Kier alpha value is -1.95. The van der Waals surface area contributed by atoms with Crippen LogP contribution in [0, 0.1) is 0 Å². The van der Waals surface area contributed by atoms with Gasteiger partial charge < -0.3 is 9.64 Å². The zero-order valence-corrected chi connectivity index (χ0v) is 10.9. The van der Waals surface area contributed by atoms with Gasteiger partial charge in [0.25, 0.3) is 0 Å². The lowest BCUT2D eigenvalue weighted by Crippen LogP contribution is -2.18. The number of nitrogens with zero attached hydrogens (tertiary/aromatic N) is 4. The number of H-pyrrole nitrogens is 1. The fraction of sp³-hybridized carbons (Fsp3) is 0.462. The Bertz CT molecular complexity index is 522. The van der Waals surface area contributed by atoms with Gasteiger partial charge in [0.2, 0.25) is 0 Å². The first kappa shape index (κ1) is 12.1. The molecule has 0 radical (unpaired) electrons. The predicted octanol–water partition coefficient (Wildman–Crippen LogP) is 1.34. The molecule has 2 aromatic heterocycles. The van der Waals surface area contributed by atoms with E-state index >= 15 is 0 Å². The molecule has 1 atom stereocenters. The average Bonchev–Trinajstić information content (AvgIpc) is 3.12. The first-order valence-corrected chi connectivity index (χ1v) is 6.42. The van der Waals surface area contributed by atoms with Crippen molar-refractivity contribution < 1.29 is 4.74 Å². The van der Waals surface area contributed by atoms with Crippen LogP contribution in [0.3, 0.4) is 0 Å². The Labute approximate surface area is 111 Å². The summed E-state index contributed by atoms with van der Waals surface area (Å²) in [7, 11) is 2.01. The minimum Gasteiger partial charge on any atom is -0.381 e. The molecule has 0 unspecified atom stereocenters. The third-order valence-electron chi connectivity index (χ3n) is 3.38. The van der Waals surface area contributed by atoms with E-state index in [2.05, 4.69) is 31.1 Å². The molecule has 0 aromatic carbocycles. The van der Waals surface area contributed by atoms with Crippen molar-refractivity contribution in [2.24, 2.45) is 0 Å². The molecule has 3 heterocycles. The largest absolute Gasteiger partial charge is 0.381 e. The molecule has 19 heavy (non-hydrogen) atoms. The summed E-state index contributed by atoms with van der Waals surface area (Å²) in [5, 5.41) is 6.90. The van der Waals surface area contributed by atoms with E-state index < -0.39 is 0 Å². The summed E-state index contributed by atoms with van der Waals surface area (Å²) >= 11 is 0. The van der Waals surface area contributed by atoms with Crippen molar-refractivity contribution in [3.63, 3.8) is 0 Å². The van der Waals surface area contributed by atoms with E-state index in [1.165, 1.54) is 0 Å². The molecule has 1 aliphatic rings. The van der Waals surface area contributed by atoms with E-state index in [9.17, 15) is 0 Å². The number of hydrogen-bond donors (Lipinski definition) is 1. The number of rotatable bonds is 4. The van der Waals surface area contributed by atoms with Crippen molar-refractivity contribution in [2.75, 3.05) is 25.2 Å². The Balaban J connectivity index is 1.74. The topological polar surface area (TPSA) is 66.9 Å². The van der Waals surface area contributed by atoms with Crippen LogP contribution in [0.5, 0.6) is 0 Å². The second-order valence-corrected chi connectivity index (χ2v) is 4.80. The average molecular weight is 259 g/mol. The normalized spacial score (nSPS) is 18.7. The van der Waals surface area contributed by atoms with Crippen LogP contribution < -0.4 is 4.90 Å². The van der Waals surface area contributed by atoms with E-state index in [4.69, 9.17) is 4.74 Å². The predicted molar refractivity (Wildman–Crippen MR) is 70.9 cm³/mol. The Morgan fingerprint density at radius 3 is 3.16 bits per heavy atom. The summed E-state index contributed by atoms with van der Waals surface area (Å²) in [6.07, 6.45) is 4.43. The third-order valence-corrected chi connectivity index (χ3v) is 3.38. The van der Waals surface area contributed by atoms with Gasteiger partial charge in [-0.15, -0.1) is 0 Å². The quantitative estimate of drug-likeness (QED) is 0.897.